The maximum absolute atomic E-state index is 10.0. The highest BCUT2D eigenvalue weighted by molar-refractivity contribution is 7.07. The Morgan fingerprint density at radius 1 is 1.56 bits per heavy atom. The third-order valence-corrected chi connectivity index (χ3v) is 4.41. The fraction of sp³-hybridized carbons (Fsp3) is 0.500. The molecule has 1 N–H and O–H groups in total. The molecular weight excluding hydrogens is 244 g/mol. The lowest BCUT2D eigenvalue weighted by molar-refractivity contribution is 0.155. The van der Waals surface area contributed by atoms with Crippen LogP contribution in [0.15, 0.2) is 17.0 Å². The summed E-state index contributed by atoms with van der Waals surface area (Å²) in [5.41, 5.74) is 6.80. The highest BCUT2D eigenvalue weighted by Crippen LogP contribution is 2.32. The number of hydrogen-bond acceptors (Lipinski definition) is 3. The molecule has 0 aromatic carbocycles. The minimum Gasteiger partial charge on any atom is -0.388 e. The third-order valence-electron chi connectivity index (χ3n) is 3.77. The first-order valence-corrected chi connectivity index (χ1v) is 7.44. The predicted molar refractivity (Wildman–Crippen MR) is 72.9 cm³/mol. The molecule has 1 aliphatic rings. The second kappa shape index (κ2) is 4.86. The zero-order valence-corrected chi connectivity index (χ0v) is 11.4. The second-order valence-electron chi connectivity index (χ2n) is 4.98. The lowest BCUT2D eigenvalue weighted by atomic mass is 9.95. The van der Waals surface area contributed by atoms with E-state index < -0.39 is 0 Å². The van der Waals surface area contributed by atoms with Crippen molar-refractivity contribution in [3.8, 4) is 0 Å². The number of fused-ring (bicyclic) bond motifs is 1. The molecule has 1 unspecified atom stereocenters. The summed E-state index contributed by atoms with van der Waals surface area (Å²) < 4.78 is 2.36. The average molecular weight is 262 g/mol. The molecule has 0 amide bonds. The lowest BCUT2D eigenvalue weighted by Crippen LogP contribution is -2.13. The van der Waals surface area contributed by atoms with Gasteiger partial charge in [-0.1, -0.05) is 0 Å². The Morgan fingerprint density at radius 3 is 3.22 bits per heavy atom. The summed E-state index contributed by atoms with van der Waals surface area (Å²) in [6, 6.07) is 2.15. The molecule has 0 aliphatic heterocycles. The summed E-state index contributed by atoms with van der Waals surface area (Å²) in [6.07, 6.45) is 3.81. The molecule has 1 atom stereocenters. The van der Waals surface area contributed by atoms with Gasteiger partial charge in [-0.3, -0.25) is 0 Å². The maximum Gasteiger partial charge on any atom is 0.0807 e. The minimum atomic E-state index is -0.257. The predicted octanol–water partition coefficient (Wildman–Crippen LogP) is 2.87. The maximum atomic E-state index is 10.0. The van der Waals surface area contributed by atoms with Gasteiger partial charge in [-0.05, 0) is 32.3 Å². The van der Waals surface area contributed by atoms with E-state index in [4.69, 9.17) is 0 Å². The van der Waals surface area contributed by atoms with E-state index in [1.165, 1.54) is 17.1 Å². The Bertz CT molecular complexity index is 530. The van der Waals surface area contributed by atoms with Crippen LogP contribution >= 0.6 is 11.3 Å². The van der Waals surface area contributed by atoms with Crippen LogP contribution in [0.1, 0.15) is 41.6 Å². The number of rotatable bonds is 3. The van der Waals surface area contributed by atoms with Crippen LogP contribution in [0.2, 0.25) is 0 Å². The molecule has 3 nitrogen and oxygen atoms in total. The largest absolute Gasteiger partial charge is 0.388 e. The fourth-order valence-electron chi connectivity index (χ4n) is 2.84. The highest BCUT2D eigenvalue weighted by Gasteiger charge is 2.22. The van der Waals surface area contributed by atoms with Gasteiger partial charge in [-0.15, -0.1) is 11.3 Å². The zero-order valence-electron chi connectivity index (χ0n) is 10.6. The number of aliphatic hydroxyl groups excluding tert-OH is 1. The summed E-state index contributed by atoms with van der Waals surface area (Å²) in [4.78, 5) is 4.33. The normalized spacial score (nSPS) is 18.9. The molecule has 0 radical (unpaired) electrons. The molecule has 0 saturated carbocycles. The molecule has 1 aliphatic carbocycles. The summed E-state index contributed by atoms with van der Waals surface area (Å²) >= 11 is 1.65. The topological polar surface area (TPSA) is 38.0 Å². The minimum absolute atomic E-state index is 0.257. The number of aromatic nitrogens is 2. The van der Waals surface area contributed by atoms with Gasteiger partial charge < -0.3 is 9.67 Å². The van der Waals surface area contributed by atoms with E-state index in [0.717, 1.165) is 37.8 Å². The molecule has 4 heteroatoms. The number of aliphatic hydroxyl groups is 1. The first-order valence-electron chi connectivity index (χ1n) is 6.49. The van der Waals surface area contributed by atoms with E-state index in [0.29, 0.717) is 0 Å². The van der Waals surface area contributed by atoms with Crippen LogP contribution < -0.4 is 0 Å². The summed E-state index contributed by atoms with van der Waals surface area (Å²) in [5, 5.41) is 12.1. The monoisotopic (exact) mass is 262 g/mol. The van der Waals surface area contributed by atoms with Crippen LogP contribution in [0.3, 0.4) is 0 Å². The molecule has 0 spiro atoms. The van der Waals surface area contributed by atoms with E-state index in [9.17, 15) is 5.11 Å². The van der Waals surface area contributed by atoms with Crippen LogP contribution in [-0.4, -0.2) is 14.7 Å². The molecule has 0 saturated heterocycles. The fourth-order valence-corrected chi connectivity index (χ4v) is 3.43. The highest BCUT2D eigenvalue weighted by atomic mass is 32.1. The average Bonchev–Trinajstić information content (AvgIpc) is 2.95. The molecule has 3 rings (SSSR count). The molecule has 96 valence electrons. The Kier molecular flexibility index (Phi) is 3.22. The van der Waals surface area contributed by atoms with E-state index >= 15 is 0 Å². The van der Waals surface area contributed by atoms with Crippen molar-refractivity contribution in [2.75, 3.05) is 0 Å². The van der Waals surface area contributed by atoms with Crippen LogP contribution in [-0.2, 0) is 19.4 Å². The SMILES string of the molecule is Cc1cc2c(n1CCc1cscn1)CCCC2O. The van der Waals surface area contributed by atoms with Gasteiger partial charge in [0.25, 0.3) is 0 Å². The first-order chi connectivity index (χ1) is 8.75. The van der Waals surface area contributed by atoms with Gasteiger partial charge in [0.2, 0.25) is 0 Å². The van der Waals surface area contributed by atoms with Crippen LogP contribution in [0.25, 0.3) is 0 Å². The van der Waals surface area contributed by atoms with Crippen molar-refractivity contribution >= 4 is 11.3 Å². The van der Waals surface area contributed by atoms with Gasteiger partial charge in [0, 0.05) is 35.3 Å². The molecule has 18 heavy (non-hydrogen) atoms. The zero-order chi connectivity index (χ0) is 12.5. The van der Waals surface area contributed by atoms with Crippen molar-refractivity contribution in [2.24, 2.45) is 0 Å². The first kappa shape index (κ1) is 11.9. The van der Waals surface area contributed by atoms with Crippen LogP contribution in [0.4, 0.5) is 0 Å². The smallest absolute Gasteiger partial charge is 0.0807 e. The summed E-state index contributed by atoms with van der Waals surface area (Å²) in [5.74, 6) is 0. The molecule has 2 aromatic heterocycles. The standard InChI is InChI=1S/C14H18N2OS/c1-10-7-12-13(3-2-4-14(12)17)16(10)6-5-11-8-18-9-15-11/h7-9,14,17H,2-6H2,1H3. The van der Waals surface area contributed by atoms with Crippen molar-refractivity contribution in [3.05, 3.63) is 39.6 Å². The van der Waals surface area contributed by atoms with Gasteiger partial charge >= 0.3 is 0 Å². The molecule has 0 bridgehead atoms. The van der Waals surface area contributed by atoms with Crippen LogP contribution in [0.5, 0.6) is 0 Å². The van der Waals surface area contributed by atoms with E-state index in [-0.39, 0.29) is 6.10 Å². The summed E-state index contributed by atoms with van der Waals surface area (Å²) in [6.45, 7) is 3.10. The van der Waals surface area contributed by atoms with Crippen molar-refractivity contribution in [2.45, 2.75) is 45.3 Å². The van der Waals surface area contributed by atoms with Gasteiger partial charge in [0.05, 0.1) is 17.3 Å². The Labute approximate surface area is 111 Å². The Balaban J connectivity index is 1.83. The molecule has 0 fully saturated rings. The molecule has 2 aromatic rings. The number of aryl methyl sites for hydroxylation is 2. The van der Waals surface area contributed by atoms with E-state index in [2.05, 4.69) is 27.9 Å². The van der Waals surface area contributed by atoms with Crippen molar-refractivity contribution in [1.29, 1.82) is 0 Å². The Morgan fingerprint density at radius 2 is 2.44 bits per heavy atom. The van der Waals surface area contributed by atoms with E-state index in [1.54, 1.807) is 11.3 Å². The van der Waals surface area contributed by atoms with Crippen molar-refractivity contribution in [3.63, 3.8) is 0 Å². The van der Waals surface area contributed by atoms with Crippen molar-refractivity contribution < 1.29 is 5.11 Å². The lowest BCUT2D eigenvalue weighted by Gasteiger charge is -2.20. The van der Waals surface area contributed by atoms with Crippen LogP contribution in [0, 0.1) is 6.92 Å². The van der Waals surface area contributed by atoms with Gasteiger partial charge in [-0.2, -0.15) is 0 Å². The number of hydrogen-bond donors (Lipinski definition) is 1. The quantitative estimate of drug-likeness (QED) is 0.923. The summed E-state index contributed by atoms with van der Waals surface area (Å²) in [7, 11) is 0. The number of nitrogens with zero attached hydrogens (tertiary/aromatic N) is 2. The van der Waals surface area contributed by atoms with Gasteiger partial charge in [0.1, 0.15) is 0 Å². The van der Waals surface area contributed by atoms with Gasteiger partial charge in [-0.25, -0.2) is 4.98 Å². The third kappa shape index (κ3) is 2.10. The van der Waals surface area contributed by atoms with Crippen molar-refractivity contribution in [1.82, 2.24) is 9.55 Å². The second-order valence-corrected chi connectivity index (χ2v) is 5.70. The van der Waals surface area contributed by atoms with Gasteiger partial charge in [0.15, 0.2) is 0 Å². The number of thiazole rings is 1. The molecule has 2 heterocycles. The van der Waals surface area contributed by atoms with E-state index in [1.807, 2.05) is 5.51 Å². The molecular formula is C14H18N2OS. The Hall–Kier alpha value is -1.13.